The average Bonchev–Trinajstić information content (AvgIpc) is 2.87. The first-order valence-corrected chi connectivity index (χ1v) is 7.47. The Kier molecular flexibility index (Phi) is 4.90. The van der Waals surface area contributed by atoms with Crippen molar-refractivity contribution in [2.24, 2.45) is 0 Å². The Morgan fingerprint density at radius 1 is 1.38 bits per heavy atom. The minimum absolute atomic E-state index is 0.0449. The number of fused-ring (bicyclic) bond motifs is 1. The third-order valence-corrected chi connectivity index (χ3v) is 4.13. The van der Waals surface area contributed by atoms with Crippen molar-refractivity contribution in [2.75, 3.05) is 6.61 Å². The van der Waals surface area contributed by atoms with Crippen molar-refractivity contribution in [3.05, 3.63) is 35.0 Å². The highest BCUT2D eigenvalue weighted by Gasteiger charge is 2.14. The molecule has 1 heterocycles. The van der Waals surface area contributed by atoms with Crippen LogP contribution in [0.1, 0.15) is 29.9 Å². The summed E-state index contributed by atoms with van der Waals surface area (Å²) in [5.41, 5.74) is 0. The van der Waals surface area contributed by atoms with Crippen molar-refractivity contribution >= 4 is 33.3 Å². The summed E-state index contributed by atoms with van der Waals surface area (Å²) >= 11 is 1.21. The predicted molar refractivity (Wildman–Crippen MR) is 80.0 cm³/mol. The van der Waals surface area contributed by atoms with Crippen LogP contribution in [0.3, 0.4) is 0 Å². The van der Waals surface area contributed by atoms with E-state index in [4.69, 9.17) is 4.74 Å². The van der Waals surface area contributed by atoms with E-state index in [0.717, 1.165) is 11.1 Å². The fraction of sp³-hybridized carbons (Fsp3) is 0.333. The average molecular weight is 309 g/mol. The fourth-order valence-electron chi connectivity index (χ4n) is 1.74. The molecule has 1 atom stereocenters. The minimum atomic E-state index is -0.573. The zero-order valence-corrected chi connectivity index (χ0v) is 12.6. The molecule has 0 saturated carbocycles. The van der Waals surface area contributed by atoms with Crippen molar-refractivity contribution in [3.63, 3.8) is 0 Å². The lowest BCUT2D eigenvalue weighted by atomic mass is 10.2. The standard InChI is InChI=1S/C15H16FNO3S/c1-3-9(2)17-14(18)8-20-15(19)13-7-10-6-11(16)4-5-12(10)21-13/h4-7,9H,3,8H2,1-2H3,(H,17,18)/t9-/m1/s1. The second kappa shape index (κ2) is 6.67. The molecule has 2 rings (SSSR count). The number of carbonyl (C=O) groups is 2. The Labute approximate surface area is 125 Å². The molecule has 1 amide bonds. The van der Waals surface area contributed by atoms with Gasteiger partial charge in [0, 0.05) is 10.7 Å². The van der Waals surface area contributed by atoms with Gasteiger partial charge in [-0.15, -0.1) is 11.3 Å². The van der Waals surface area contributed by atoms with Crippen LogP contribution in [0.25, 0.3) is 10.1 Å². The third-order valence-electron chi connectivity index (χ3n) is 3.03. The maximum Gasteiger partial charge on any atom is 0.348 e. The SMILES string of the molecule is CC[C@@H](C)NC(=O)COC(=O)c1cc2cc(F)ccc2s1. The van der Waals surface area contributed by atoms with Crippen molar-refractivity contribution < 1.29 is 18.7 Å². The summed E-state index contributed by atoms with van der Waals surface area (Å²) < 4.78 is 18.9. The highest BCUT2D eigenvalue weighted by Crippen LogP contribution is 2.26. The van der Waals surface area contributed by atoms with Crippen molar-refractivity contribution in [3.8, 4) is 0 Å². The van der Waals surface area contributed by atoms with E-state index in [1.165, 1.54) is 23.5 Å². The van der Waals surface area contributed by atoms with Crippen LogP contribution in [-0.2, 0) is 9.53 Å². The molecule has 0 unspecified atom stereocenters. The first-order chi connectivity index (χ1) is 9.99. The lowest BCUT2D eigenvalue weighted by molar-refractivity contribution is -0.124. The number of nitrogens with one attached hydrogen (secondary N) is 1. The molecule has 1 aromatic heterocycles. The number of esters is 1. The summed E-state index contributed by atoms with van der Waals surface area (Å²) in [4.78, 5) is 23.8. The van der Waals surface area contributed by atoms with Crippen LogP contribution in [0, 0.1) is 5.82 Å². The largest absolute Gasteiger partial charge is 0.451 e. The number of ether oxygens (including phenoxy) is 1. The zero-order chi connectivity index (χ0) is 15.4. The van der Waals surface area contributed by atoms with Crippen LogP contribution in [0.2, 0.25) is 0 Å². The Balaban J connectivity index is 1.97. The minimum Gasteiger partial charge on any atom is -0.451 e. The lowest BCUT2D eigenvalue weighted by Crippen LogP contribution is -2.35. The van der Waals surface area contributed by atoms with E-state index in [0.29, 0.717) is 10.3 Å². The summed E-state index contributed by atoms with van der Waals surface area (Å²) in [5.74, 6) is -1.26. The molecule has 0 radical (unpaired) electrons. The van der Waals surface area contributed by atoms with Crippen molar-refractivity contribution in [1.82, 2.24) is 5.32 Å². The number of thiophene rings is 1. The van der Waals surface area contributed by atoms with Gasteiger partial charge in [0.25, 0.3) is 5.91 Å². The van der Waals surface area contributed by atoms with Gasteiger partial charge in [-0.05, 0) is 43.0 Å². The Hall–Kier alpha value is -1.95. The topological polar surface area (TPSA) is 55.4 Å². The zero-order valence-electron chi connectivity index (χ0n) is 11.8. The molecule has 0 fully saturated rings. The fourth-order valence-corrected chi connectivity index (χ4v) is 2.67. The van der Waals surface area contributed by atoms with E-state index in [1.807, 2.05) is 13.8 Å². The van der Waals surface area contributed by atoms with E-state index >= 15 is 0 Å². The third kappa shape index (κ3) is 4.01. The maximum atomic E-state index is 13.1. The lowest BCUT2D eigenvalue weighted by Gasteiger charge is -2.10. The molecular formula is C15H16FNO3S. The maximum absolute atomic E-state index is 13.1. The number of carbonyl (C=O) groups excluding carboxylic acids is 2. The van der Waals surface area contributed by atoms with Gasteiger partial charge in [-0.1, -0.05) is 6.92 Å². The van der Waals surface area contributed by atoms with Gasteiger partial charge < -0.3 is 10.1 Å². The van der Waals surface area contributed by atoms with Crippen LogP contribution < -0.4 is 5.32 Å². The van der Waals surface area contributed by atoms with Gasteiger partial charge in [-0.25, -0.2) is 9.18 Å². The number of hydrogen-bond donors (Lipinski definition) is 1. The van der Waals surface area contributed by atoms with Crippen LogP contribution in [0.5, 0.6) is 0 Å². The molecule has 0 bridgehead atoms. The Bertz CT molecular complexity index is 668. The van der Waals surface area contributed by atoms with E-state index in [2.05, 4.69) is 5.32 Å². The summed E-state index contributed by atoms with van der Waals surface area (Å²) in [6, 6.07) is 5.93. The summed E-state index contributed by atoms with van der Waals surface area (Å²) in [6.07, 6.45) is 0.807. The number of halogens is 1. The predicted octanol–water partition coefficient (Wildman–Crippen LogP) is 3.11. The number of amides is 1. The van der Waals surface area contributed by atoms with Gasteiger partial charge in [-0.3, -0.25) is 4.79 Å². The molecule has 0 aliphatic heterocycles. The first-order valence-electron chi connectivity index (χ1n) is 6.65. The normalized spacial score (nSPS) is 12.1. The molecule has 0 aliphatic rings. The molecule has 1 aromatic carbocycles. The second-order valence-electron chi connectivity index (χ2n) is 4.75. The van der Waals surface area contributed by atoms with Crippen molar-refractivity contribution in [2.45, 2.75) is 26.3 Å². The van der Waals surface area contributed by atoms with Crippen LogP contribution in [-0.4, -0.2) is 24.5 Å². The number of benzene rings is 1. The van der Waals surface area contributed by atoms with Gasteiger partial charge in [0.1, 0.15) is 10.7 Å². The first kappa shape index (κ1) is 15.4. The van der Waals surface area contributed by atoms with Gasteiger partial charge in [-0.2, -0.15) is 0 Å². The Morgan fingerprint density at radius 2 is 2.14 bits per heavy atom. The highest BCUT2D eigenvalue weighted by atomic mass is 32.1. The van der Waals surface area contributed by atoms with Crippen molar-refractivity contribution in [1.29, 1.82) is 0 Å². The summed E-state index contributed by atoms with van der Waals surface area (Å²) in [6.45, 7) is 3.51. The summed E-state index contributed by atoms with van der Waals surface area (Å²) in [5, 5.41) is 3.36. The second-order valence-corrected chi connectivity index (χ2v) is 5.83. The molecular weight excluding hydrogens is 293 g/mol. The van der Waals surface area contributed by atoms with Gasteiger partial charge in [0.2, 0.25) is 0 Å². The monoisotopic (exact) mass is 309 g/mol. The van der Waals surface area contributed by atoms with E-state index in [-0.39, 0.29) is 24.4 Å². The number of hydrogen-bond acceptors (Lipinski definition) is 4. The molecule has 6 heteroatoms. The van der Waals surface area contributed by atoms with Crippen LogP contribution in [0.15, 0.2) is 24.3 Å². The smallest absolute Gasteiger partial charge is 0.348 e. The molecule has 21 heavy (non-hydrogen) atoms. The summed E-state index contributed by atoms with van der Waals surface area (Å²) in [7, 11) is 0. The molecule has 1 N–H and O–H groups in total. The quantitative estimate of drug-likeness (QED) is 0.863. The number of rotatable bonds is 5. The van der Waals surface area contributed by atoms with E-state index in [9.17, 15) is 14.0 Å². The van der Waals surface area contributed by atoms with E-state index < -0.39 is 5.97 Å². The molecule has 2 aromatic rings. The Morgan fingerprint density at radius 3 is 2.86 bits per heavy atom. The van der Waals surface area contributed by atoms with Gasteiger partial charge in [0.05, 0.1) is 0 Å². The van der Waals surface area contributed by atoms with Crippen LogP contribution >= 0.6 is 11.3 Å². The van der Waals surface area contributed by atoms with Gasteiger partial charge >= 0.3 is 5.97 Å². The van der Waals surface area contributed by atoms with Gasteiger partial charge in [0.15, 0.2) is 6.61 Å². The molecule has 0 spiro atoms. The molecule has 0 saturated heterocycles. The molecule has 4 nitrogen and oxygen atoms in total. The van der Waals surface area contributed by atoms with E-state index in [1.54, 1.807) is 12.1 Å². The highest BCUT2D eigenvalue weighted by molar-refractivity contribution is 7.20. The van der Waals surface area contributed by atoms with Crippen LogP contribution in [0.4, 0.5) is 4.39 Å². The molecule has 0 aliphatic carbocycles. The molecule has 112 valence electrons.